The molecule has 0 spiro atoms. The van der Waals surface area contributed by atoms with E-state index in [1.165, 1.54) is 12.1 Å². The van der Waals surface area contributed by atoms with Crippen molar-refractivity contribution in [3.8, 4) is 0 Å². The average Bonchev–Trinajstić information content (AvgIpc) is 2.41. The maximum Gasteiger partial charge on any atom is 0.145 e. The fourth-order valence-corrected chi connectivity index (χ4v) is 3.03. The summed E-state index contributed by atoms with van der Waals surface area (Å²) in [6, 6.07) is 6.73. The van der Waals surface area contributed by atoms with Gasteiger partial charge in [0, 0.05) is 15.6 Å². The Hall–Kier alpha value is -0.680. The van der Waals surface area contributed by atoms with Crippen LogP contribution in [0.25, 0.3) is 0 Å². The lowest BCUT2D eigenvalue weighted by atomic mass is 9.97. The lowest BCUT2D eigenvalue weighted by Crippen LogP contribution is -2.24. The summed E-state index contributed by atoms with van der Waals surface area (Å²) in [5.74, 6) is -1.27. The second kappa shape index (κ2) is 7.05. The Morgan fingerprint density at radius 3 is 2.33 bits per heavy atom. The molecule has 0 amide bonds. The molecule has 1 nitrogen and oxygen atoms in total. The number of hydrogen-bond acceptors (Lipinski definition) is 1. The Morgan fingerprint density at radius 2 is 1.76 bits per heavy atom. The normalized spacial score (nSPS) is 12.5. The highest BCUT2D eigenvalue weighted by molar-refractivity contribution is 9.10. The molecule has 6 heteroatoms. The third kappa shape index (κ3) is 3.75. The van der Waals surface area contributed by atoms with Gasteiger partial charge in [-0.05, 0) is 58.4 Å². The van der Waals surface area contributed by atoms with Gasteiger partial charge in [0.25, 0.3) is 0 Å². The van der Waals surface area contributed by atoms with Gasteiger partial charge in [-0.2, -0.15) is 0 Å². The Kier molecular flexibility index (Phi) is 5.60. The second-order valence-electron chi connectivity index (χ2n) is 4.45. The van der Waals surface area contributed by atoms with Gasteiger partial charge < -0.3 is 5.32 Å². The smallest absolute Gasteiger partial charge is 0.145 e. The van der Waals surface area contributed by atoms with E-state index in [2.05, 4.69) is 21.2 Å². The lowest BCUT2D eigenvalue weighted by Gasteiger charge is -2.21. The van der Waals surface area contributed by atoms with Crippen molar-refractivity contribution in [1.29, 1.82) is 0 Å². The van der Waals surface area contributed by atoms with E-state index in [0.29, 0.717) is 22.2 Å². The summed E-state index contributed by atoms with van der Waals surface area (Å²) in [6.45, 7) is 2.38. The summed E-state index contributed by atoms with van der Waals surface area (Å²) < 4.78 is 28.7. The lowest BCUT2D eigenvalue weighted by molar-refractivity contribution is 0.507. The highest BCUT2D eigenvalue weighted by Gasteiger charge is 2.23. The molecule has 0 saturated heterocycles. The summed E-state index contributed by atoms with van der Waals surface area (Å²) >= 11 is 15.0. The van der Waals surface area contributed by atoms with E-state index in [0.717, 1.165) is 0 Å². The van der Waals surface area contributed by atoms with Crippen LogP contribution in [-0.2, 0) is 0 Å². The van der Waals surface area contributed by atoms with E-state index >= 15 is 0 Å². The first-order valence-corrected chi connectivity index (χ1v) is 7.81. The van der Waals surface area contributed by atoms with E-state index in [-0.39, 0.29) is 10.0 Å². The summed E-state index contributed by atoms with van der Waals surface area (Å²) in [5.41, 5.74) is 0.537. The van der Waals surface area contributed by atoms with E-state index in [4.69, 9.17) is 23.2 Å². The Labute approximate surface area is 140 Å². The van der Waals surface area contributed by atoms with Gasteiger partial charge >= 0.3 is 0 Å². The molecule has 1 atom stereocenters. The zero-order valence-electron chi connectivity index (χ0n) is 11.1. The van der Waals surface area contributed by atoms with Gasteiger partial charge in [0.05, 0.1) is 10.5 Å². The van der Waals surface area contributed by atoms with E-state index in [9.17, 15) is 8.78 Å². The first-order valence-electron chi connectivity index (χ1n) is 6.26. The molecule has 2 aromatic carbocycles. The van der Waals surface area contributed by atoms with Crippen LogP contribution in [0.4, 0.5) is 8.78 Å². The van der Waals surface area contributed by atoms with Gasteiger partial charge in [-0.3, -0.25) is 0 Å². The molecule has 0 fully saturated rings. The Morgan fingerprint density at radius 1 is 1.14 bits per heavy atom. The maximum absolute atomic E-state index is 14.3. The molecular formula is C15H12BrCl2F2N. The first-order chi connectivity index (χ1) is 9.93. The molecule has 0 aliphatic rings. The summed E-state index contributed by atoms with van der Waals surface area (Å²) in [5, 5.41) is 3.89. The van der Waals surface area contributed by atoms with Crippen LogP contribution in [-0.4, -0.2) is 6.54 Å². The zero-order valence-corrected chi connectivity index (χ0v) is 14.2. The topological polar surface area (TPSA) is 12.0 Å². The molecule has 0 heterocycles. The molecule has 2 rings (SSSR count). The molecule has 1 unspecified atom stereocenters. The molecule has 21 heavy (non-hydrogen) atoms. The molecule has 0 saturated carbocycles. The van der Waals surface area contributed by atoms with Gasteiger partial charge in [-0.15, -0.1) is 0 Å². The fourth-order valence-electron chi connectivity index (χ4n) is 2.14. The van der Waals surface area contributed by atoms with Crippen LogP contribution in [0.15, 0.2) is 34.8 Å². The van der Waals surface area contributed by atoms with Crippen LogP contribution >= 0.6 is 39.1 Å². The van der Waals surface area contributed by atoms with Crippen LogP contribution in [0.1, 0.15) is 24.1 Å². The molecule has 112 valence electrons. The van der Waals surface area contributed by atoms with Gasteiger partial charge in [0.2, 0.25) is 0 Å². The standard InChI is InChI=1S/C15H12BrCl2F2N/c1-2-21-15(8-5-9(17)7-10(18)6-8)13-12(19)4-3-11(16)14(13)20/h3-7,15,21H,2H2,1H3. The summed E-state index contributed by atoms with van der Waals surface area (Å²) in [6.07, 6.45) is 0. The molecular weight excluding hydrogens is 383 g/mol. The van der Waals surface area contributed by atoms with Crippen molar-refractivity contribution in [2.24, 2.45) is 0 Å². The van der Waals surface area contributed by atoms with Crippen molar-refractivity contribution in [3.05, 3.63) is 67.6 Å². The summed E-state index contributed by atoms with van der Waals surface area (Å²) in [7, 11) is 0. The van der Waals surface area contributed by atoms with Crippen LogP contribution in [0, 0.1) is 11.6 Å². The van der Waals surface area contributed by atoms with E-state index in [1.807, 2.05) is 6.92 Å². The monoisotopic (exact) mass is 393 g/mol. The van der Waals surface area contributed by atoms with Crippen molar-refractivity contribution < 1.29 is 8.78 Å². The minimum atomic E-state index is -0.677. The van der Waals surface area contributed by atoms with Crippen LogP contribution < -0.4 is 5.32 Å². The first kappa shape index (κ1) is 16.7. The molecule has 0 radical (unpaired) electrons. The minimum absolute atomic E-state index is 0.0652. The highest BCUT2D eigenvalue weighted by Crippen LogP contribution is 2.33. The van der Waals surface area contributed by atoms with Crippen molar-refractivity contribution in [1.82, 2.24) is 5.32 Å². The number of benzene rings is 2. The predicted molar refractivity (Wildman–Crippen MR) is 86.0 cm³/mol. The highest BCUT2D eigenvalue weighted by atomic mass is 79.9. The third-order valence-corrected chi connectivity index (χ3v) is 4.04. The summed E-state index contributed by atoms with van der Waals surface area (Å²) in [4.78, 5) is 0. The molecule has 0 bridgehead atoms. The van der Waals surface area contributed by atoms with Gasteiger partial charge in [0.15, 0.2) is 0 Å². The van der Waals surface area contributed by atoms with Crippen molar-refractivity contribution in [2.75, 3.05) is 6.54 Å². The fraction of sp³-hybridized carbons (Fsp3) is 0.200. The van der Waals surface area contributed by atoms with Gasteiger partial charge in [-0.1, -0.05) is 30.1 Å². The predicted octanol–water partition coefficient (Wildman–Crippen LogP) is 5.73. The van der Waals surface area contributed by atoms with E-state index in [1.54, 1.807) is 18.2 Å². The Balaban J connectivity index is 2.61. The number of nitrogens with one attached hydrogen (secondary N) is 1. The number of hydrogen-bond donors (Lipinski definition) is 1. The van der Waals surface area contributed by atoms with Crippen molar-refractivity contribution in [3.63, 3.8) is 0 Å². The SMILES string of the molecule is CCNC(c1cc(Cl)cc(Cl)c1)c1c(F)ccc(Br)c1F. The minimum Gasteiger partial charge on any atom is -0.306 e. The molecule has 1 N–H and O–H groups in total. The van der Waals surface area contributed by atoms with Crippen molar-refractivity contribution in [2.45, 2.75) is 13.0 Å². The number of halogens is 5. The van der Waals surface area contributed by atoms with Crippen LogP contribution in [0.5, 0.6) is 0 Å². The third-order valence-electron chi connectivity index (χ3n) is 2.99. The average molecular weight is 395 g/mol. The van der Waals surface area contributed by atoms with Gasteiger partial charge in [0.1, 0.15) is 11.6 Å². The molecule has 0 aliphatic carbocycles. The molecule has 0 aliphatic heterocycles. The van der Waals surface area contributed by atoms with Gasteiger partial charge in [-0.25, -0.2) is 8.78 Å². The Bertz CT molecular complexity index is 644. The molecule has 0 aromatic heterocycles. The quantitative estimate of drug-likeness (QED) is 0.652. The molecule has 2 aromatic rings. The number of rotatable bonds is 4. The second-order valence-corrected chi connectivity index (χ2v) is 6.18. The van der Waals surface area contributed by atoms with Crippen LogP contribution in [0.3, 0.4) is 0 Å². The zero-order chi connectivity index (χ0) is 15.6. The van der Waals surface area contributed by atoms with Crippen molar-refractivity contribution >= 4 is 39.1 Å². The van der Waals surface area contributed by atoms with Crippen LogP contribution in [0.2, 0.25) is 10.0 Å². The largest absolute Gasteiger partial charge is 0.306 e. The maximum atomic E-state index is 14.3. The van der Waals surface area contributed by atoms with E-state index < -0.39 is 17.7 Å².